The summed E-state index contributed by atoms with van der Waals surface area (Å²) in [6.45, 7) is 0.584. The molecule has 0 atom stereocenters. The fourth-order valence-electron chi connectivity index (χ4n) is 3.57. The summed E-state index contributed by atoms with van der Waals surface area (Å²) in [7, 11) is 2.11. The van der Waals surface area contributed by atoms with E-state index in [9.17, 15) is 4.79 Å². The summed E-state index contributed by atoms with van der Waals surface area (Å²) in [6, 6.07) is 1.07. The Labute approximate surface area is 118 Å². The number of nitrogens with zero attached hydrogens (tertiary/aromatic N) is 1. The minimum Gasteiger partial charge on any atom is -0.352 e. The predicted molar refractivity (Wildman–Crippen MR) is 79.1 cm³/mol. The molecule has 0 saturated heterocycles. The van der Waals surface area contributed by atoms with Crippen LogP contribution in [0.2, 0.25) is 0 Å². The second-order valence-corrected chi connectivity index (χ2v) is 6.46. The smallest absolute Gasteiger partial charge is 0.234 e. The van der Waals surface area contributed by atoms with Gasteiger partial charge in [-0.1, -0.05) is 44.9 Å². The lowest BCUT2D eigenvalue weighted by atomic mass is 9.94. The Morgan fingerprint density at radius 1 is 0.947 bits per heavy atom. The highest BCUT2D eigenvalue weighted by atomic mass is 16.2. The Kier molecular flexibility index (Phi) is 6.15. The molecule has 0 aromatic carbocycles. The van der Waals surface area contributed by atoms with Gasteiger partial charge in [-0.05, 0) is 32.7 Å². The molecule has 0 spiro atoms. The standard InChI is InChI=1S/C16H30N2O/c1-18(15-11-7-4-8-12-15)13-16(19)17-14-9-5-2-3-6-10-14/h14-15H,2-13H2,1H3,(H,17,19). The van der Waals surface area contributed by atoms with Crippen LogP contribution in [0, 0.1) is 0 Å². The van der Waals surface area contributed by atoms with E-state index >= 15 is 0 Å². The first kappa shape index (κ1) is 14.8. The highest BCUT2D eigenvalue weighted by Crippen LogP contribution is 2.21. The van der Waals surface area contributed by atoms with Gasteiger partial charge >= 0.3 is 0 Å². The molecule has 1 amide bonds. The Morgan fingerprint density at radius 3 is 2.11 bits per heavy atom. The third-order valence-electron chi connectivity index (χ3n) is 4.81. The highest BCUT2D eigenvalue weighted by Gasteiger charge is 2.21. The molecule has 0 aromatic heterocycles. The van der Waals surface area contributed by atoms with Crippen molar-refractivity contribution >= 4 is 5.91 Å². The maximum absolute atomic E-state index is 12.1. The van der Waals surface area contributed by atoms with Crippen molar-refractivity contribution in [1.82, 2.24) is 10.2 Å². The lowest BCUT2D eigenvalue weighted by Gasteiger charge is -2.31. The molecule has 0 aliphatic heterocycles. The zero-order chi connectivity index (χ0) is 13.5. The van der Waals surface area contributed by atoms with Crippen LogP contribution in [0.15, 0.2) is 0 Å². The molecule has 2 saturated carbocycles. The second-order valence-electron chi connectivity index (χ2n) is 6.46. The van der Waals surface area contributed by atoms with Crippen LogP contribution in [0.3, 0.4) is 0 Å². The maximum Gasteiger partial charge on any atom is 0.234 e. The van der Waals surface area contributed by atoms with Gasteiger partial charge in [0.2, 0.25) is 5.91 Å². The minimum atomic E-state index is 0.236. The molecular weight excluding hydrogens is 236 g/mol. The first-order chi connectivity index (χ1) is 9.25. The third-order valence-corrected chi connectivity index (χ3v) is 4.81. The van der Waals surface area contributed by atoms with E-state index in [4.69, 9.17) is 0 Å². The first-order valence-corrected chi connectivity index (χ1v) is 8.25. The van der Waals surface area contributed by atoms with Crippen molar-refractivity contribution in [1.29, 1.82) is 0 Å². The average molecular weight is 266 g/mol. The molecule has 2 rings (SSSR count). The van der Waals surface area contributed by atoms with Gasteiger partial charge in [0.05, 0.1) is 6.54 Å². The van der Waals surface area contributed by atoms with E-state index < -0.39 is 0 Å². The minimum absolute atomic E-state index is 0.236. The van der Waals surface area contributed by atoms with Gasteiger partial charge in [0.25, 0.3) is 0 Å². The van der Waals surface area contributed by atoms with E-state index in [0.717, 1.165) is 0 Å². The molecule has 1 N–H and O–H groups in total. The second kappa shape index (κ2) is 7.88. The predicted octanol–water partition coefficient (Wildman–Crippen LogP) is 3.09. The van der Waals surface area contributed by atoms with E-state index in [0.29, 0.717) is 18.6 Å². The summed E-state index contributed by atoms with van der Waals surface area (Å²) in [5, 5.41) is 3.25. The van der Waals surface area contributed by atoms with Crippen molar-refractivity contribution in [2.75, 3.05) is 13.6 Å². The monoisotopic (exact) mass is 266 g/mol. The molecule has 3 nitrogen and oxygen atoms in total. The largest absolute Gasteiger partial charge is 0.352 e. The van der Waals surface area contributed by atoms with Crippen molar-refractivity contribution in [3.8, 4) is 0 Å². The molecule has 2 fully saturated rings. The number of carbonyl (C=O) groups excluding carboxylic acids is 1. The Hall–Kier alpha value is -0.570. The van der Waals surface area contributed by atoms with Gasteiger partial charge in [-0.2, -0.15) is 0 Å². The lowest BCUT2D eigenvalue weighted by Crippen LogP contribution is -2.44. The molecule has 0 unspecified atom stereocenters. The van der Waals surface area contributed by atoms with Crippen molar-refractivity contribution < 1.29 is 4.79 Å². The summed E-state index contributed by atoms with van der Waals surface area (Å²) in [5.41, 5.74) is 0. The van der Waals surface area contributed by atoms with Gasteiger partial charge < -0.3 is 5.32 Å². The summed E-state index contributed by atoms with van der Waals surface area (Å²) in [4.78, 5) is 14.4. The molecule has 0 heterocycles. The van der Waals surface area contributed by atoms with Gasteiger partial charge in [0.1, 0.15) is 0 Å². The summed E-state index contributed by atoms with van der Waals surface area (Å²) in [5.74, 6) is 0.236. The van der Waals surface area contributed by atoms with E-state index in [1.54, 1.807) is 0 Å². The maximum atomic E-state index is 12.1. The number of nitrogens with one attached hydrogen (secondary N) is 1. The molecule has 2 aliphatic rings. The van der Waals surface area contributed by atoms with Gasteiger partial charge in [-0.3, -0.25) is 9.69 Å². The van der Waals surface area contributed by atoms with Crippen LogP contribution in [0.5, 0.6) is 0 Å². The van der Waals surface area contributed by atoms with Crippen LogP contribution < -0.4 is 5.32 Å². The van der Waals surface area contributed by atoms with E-state index in [-0.39, 0.29) is 5.91 Å². The average Bonchev–Trinajstić information content (AvgIpc) is 2.68. The summed E-state index contributed by atoms with van der Waals surface area (Å²) in [6.07, 6.45) is 14.2. The van der Waals surface area contributed by atoms with E-state index in [1.165, 1.54) is 70.6 Å². The van der Waals surface area contributed by atoms with Crippen LogP contribution in [0.4, 0.5) is 0 Å². The number of rotatable bonds is 4. The van der Waals surface area contributed by atoms with Crippen LogP contribution in [-0.2, 0) is 4.79 Å². The van der Waals surface area contributed by atoms with E-state index in [2.05, 4.69) is 17.3 Å². The number of hydrogen-bond acceptors (Lipinski definition) is 2. The number of carbonyl (C=O) groups is 1. The van der Waals surface area contributed by atoms with Gasteiger partial charge in [0, 0.05) is 12.1 Å². The van der Waals surface area contributed by atoms with Crippen LogP contribution >= 0.6 is 0 Å². The van der Waals surface area contributed by atoms with Gasteiger partial charge in [-0.25, -0.2) is 0 Å². The molecule has 0 aromatic rings. The fourth-order valence-corrected chi connectivity index (χ4v) is 3.57. The van der Waals surface area contributed by atoms with Crippen molar-refractivity contribution in [3.05, 3.63) is 0 Å². The fraction of sp³-hybridized carbons (Fsp3) is 0.938. The summed E-state index contributed by atoms with van der Waals surface area (Å²) >= 11 is 0. The van der Waals surface area contributed by atoms with Crippen LogP contribution in [0.25, 0.3) is 0 Å². The molecule has 3 heteroatoms. The summed E-state index contributed by atoms with van der Waals surface area (Å²) < 4.78 is 0. The van der Waals surface area contributed by atoms with E-state index in [1.807, 2.05) is 0 Å². The van der Waals surface area contributed by atoms with Crippen LogP contribution in [-0.4, -0.2) is 36.5 Å². The molecule has 2 aliphatic carbocycles. The zero-order valence-electron chi connectivity index (χ0n) is 12.5. The number of likely N-dealkylation sites (N-methyl/N-ethyl adjacent to an activating group) is 1. The normalized spacial score (nSPS) is 23.3. The number of amides is 1. The molecule has 0 bridgehead atoms. The topological polar surface area (TPSA) is 32.3 Å². The van der Waals surface area contributed by atoms with Crippen molar-refractivity contribution in [3.63, 3.8) is 0 Å². The van der Waals surface area contributed by atoms with Crippen molar-refractivity contribution in [2.45, 2.75) is 82.7 Å². The quantitative estimate of drug-likeness (QED) is 0.793. The van der Waals surface area contributed by atoms with Crippen LogP contribution in [0.1, 0.15) is 70.6 Å². The first-order valence-electron chi connectivity index (χ1n) is 8.25. The molecule has 110 valence electrons. The third kappa shape index (κ3) is 5.13. The number of hydrogen-bond donors (Lipinski definition) is 1. The highest BCUT2D eigenvalue weighted by molar-refractivity contribution is 5.78. The zero-order valence-corrected chi connectivity index (χ0v) is 12.5. The van der Waals surface area contributed by atoms with Crippen molar-refractivity contribution in [2.24, 2.45) is 0 Å². The van der Waals surface area contributed by atoms with Gasteiger partial charge in [-0.15, -0.1) is 0 Å². The van der Waals surface area contributed by atoms with Gasteiger partial charge in [0.15, 0.2) is 0 Å². The SMILES string of the molecule is CN(CC(=O)NC1CCCCCC1)C1CCCCC1. The molecular formula is C16H30N2O. The Balaban J connectivity index is 1.70. The lowest BCUT2D eigenvalue weighted by molar-refractivity contribution is -0.123. The molecule has 19 heavy (non-hydrogen) atoms. The molecule has 0 radical (unpaired) electrons. The Morgan fingerprint density at radius 2 is 1.47 bits per heavy atom. The Bertz CT molecular complexity index is 266.